The lowest BCUT2D eigenvalue weighted by atomic mass is 9.95. The minimum Gasteiger partial charge on any atom is -0.368 e. The van der Waals surface area contributed by atoms with Crippen LogP contribution in [-0.4, -0.2) is 28.8 Å². The van der Waals surface area contributed by atoms with Gasteiger partial charge < -0.3 is 16.4 Å². The fourth-order valence-corrected chi connectivity index (χ4v) is 3.27. The molecule has 0 spiro atoms. The van der Waals surface area contributed by atoms with E-state index in [0.29, 0.717) is 18.4 Å². The van der Waals surface area contributed by atoms with Gasteiger partial charge in [-0.15, -0.1) is 0 Å². The summed E-state index contributed by atoms with van der Waals surface area (Å²) in [7, 11) is 2.07. The largest absolute Gasteiger partial charge is 0.368 e. The van der Waals surface area contributed by atoms with E-state index in [9.17, 15) is 0 Å². The molecular weight excluding hydrogens is 323 g/mol. The van der Waals surface area contributed by atoms with Crippen LogP contribution in [0.5, 0.6) is 0 Å². The number of nitrogens with one attached hydrogen (secondary N) is 2. The molecular formula is C19H21BN6. The van der Waals surface area contributed by atoms with Crippen molar-refractivity contribution in [2.24, 2.45) is 0 Å². The second-order valence-electron chi connectivity index (χ2n) is 6.70. The number of nitrogen functional groups attached to an aromatic ring is 1. The predicted molar refractivity (Wildman–Crippen MR) is 107 cm³/mol. The molecule has 0 bridgehead atoms. The minimum atomic E-state index is 0.212. The van der Waals surface area contributed by atoms with E-state index < -0.39 is 0 Å². The Hall–Kier alpha value is -3.09. The number of nitrogens with two attached hydrogens (primary N) is 1. The molecule has 130 valence electrons. The van der Waals surface area contributed by atoms with E-state index >= 15 is 0 Å². The molecule has 2 aromatic carbocycles. The summed E-state index contributed by atoms with van der Waals surface area (Å²) in [5.74, 6) is 1.21. The highest BCUT2D eigenvalue weighted by Gasteiger charge is 2.21. The van der Waals surface area contributed by atoms with Gasteiger partial charge in [0.2, 0.25) is 17.8 Å². The van der Waals surface area contributed by atoms with Crippen molar-refractivity contribution in [1.29, 1.82) is 0 Å². The standard InChI is InChI=1S/C19H21BN6/c20-15-7-5-12(6-8-15)11-22-18-24-17(21)25-19(26-18)23-16-9-13-3-1-2-4-14(13)10-16/h1-8,16H,9-11,20H2,(H4,21,22,23,24,25,26). The number of fused-ring (bicyclic) bond motifs is 1. The number of rotatable bonds is 5. The van der Waals surface area contributed by atoms with Gasteiger partial charge >= 0.3 is 0 Å². The van der Waals surface area contributed by atoms with Crippen molar-refractivity contribution < 1.29 is 0 Å². The summed E-state index contributed by atoms with van der Waals surface area (Å²) in [5.41, 5.74) is 11.0. The van der Waals surface area contributed by atoms with Crippen molar-refractivity contribution in [3.05, 3.63) is 65.2 Å². The fraction of sp³-hybridized carbons (Fsp3) is 0.211. The van der Waals surface area contributed by atoms with E-state index in [1.54, 1.807) is 0 Å². The smallest absolute Gasteiger partial charge is 0.229 e. The van der Waals surface area contributed by atoms with Gasteiger partial charge in [-0.1, -0.05) is 54.0 Å². The zero-order valence-corrected chi connectivity index (χ0v) is 14.7. The van der Waals surface area contributed by atoms with Crippen molar-refractivity contribution in [3.63, 3.8) is 0 Å². The van der Waals surface area contributed by atoms with Crippen LogP contribution in [0.3, 0.4) is 0 Å². The maximum Gasteiger partial charge on any atom is 0.229 e. The number of nitrogens with zero attached hydrogens (tertiary/aromatic N) is 3. The van der Waals surface area contributed by atoms with E-state index in [4.69, 9.17) is 5.73 Å². The zero-order valence-electron chi connectivity index (χ0n) is 14.7. The SMILES string of the molecule is Bc1ccc(CNc2nc(N)nc(NC3Cc4ccccc4C3)n2)cc1. The lowest BCUT2D eigenvalue weighted by molar-refractivity contribution is 0.760. The number of anilines is 3. The molecule has 0 saturated heterocycles. The normalized spacial score (nSPS) is 13.4. The second-order valence-corrected chi connectivity index (χ2v) is 6.70. The number of aromatic nitrogens is 3. The first kappa shape index (κ1) is 16.4. The predicted octanol–water partition coefficient (Wildman–Crippen LogP) is 0.904. The highest BCUT2D eigenvalue weighted by molar-refractivity contribution is 6.32. The topological polar surface area (TPSA) is 88.8 Å². The average Bonchev–Trinajstić information content (AvgIpc) is 3.03. The molecule has 3 aromatic rings. The molecule has 0 atom stereocenters. The third-order valence-electron chi connectivity index (χ3n) is 4.61. The van der Waals surface area contributed by atoms with Crippen LogP contribution in [0.15, 0.2) is 48.5 Å². The van der Waals surface area contributed by atoms with Gasteiger partial charge in [0.15, 0.2) is 0 Å². The van der Waals surface area contributed by atoms with E-state index in [-0.39, 0.29) is 12.0 Å². The molecule has 1 heterocycles. The third kappa shape index (κ3) is 3.77. The van der Waals surface area contributed by atoms with Crippen molar-refractivity contribution in [1.82, 2.24) is 15.0 Å². The van der Waals surface area contributed by atoms with Gasteiger partial charge in [0.05, 0.1) is 0 Å². The van der Waals surface area contributed by atoms with Crippen LogP contribution < -0.4 is 21.8 Å². The summed E-state index contributed by atoms with van der Waals surface area (Å²) in [6.45, 7) is 0.637. The Morgan fingerprint density at radius 2 is 1.58 bits per heavy atom. The summed E-state index contributed by atoms with van der Waals surface area (Å²) in [6.07, 6.45) is 1.93. The zero-order chi connectivity index (χ0) is 17.9. The average molecular weight is 344 g/mol. The van der Waals surface area contributed by atoms with Gasteiger partial charge in [0.1, 0.15) is 7.85 Å². The van der Waals surface area contributed by atoms with Gasteiger partial charge in [-0.25, -0.2) is 0 Å². The summed E-state index contributed by atoms with van der Waals surface area (Å²) in [5, 5.41) is 6.61. The molecule has 7 heteroatoms. The van der Waals surface area contributed by atoms with Crippen LogP contribution in [0.1, 0.15) is 16.7 Å². The van der Waals surface area contributed by atoms with Gasteiger partial charge in [-0.2, -0.15) is 15.0 Å². The summed E-state index contributed by atoms with van der Waals surface area (Å²) >= 11 is 0. The lowest BCUT2D eigenvalue weighted by Gasteiger charge is -2.13. The molecule has 0 unspecified atom stereocenters. The summed E-state index contributed by atoms with van der Waals surface area (Å²) in [6, 6.07) is 17.1. The first-order valence-corrected chi connectivity index (χ1v) is 8.80. The van der Waals surface area contributed by atoms with Crippen molar-refractivity contribution >= 4 is 31.2 Å². The summed E-state index contributed by atoms with van der Waals surface area (Å²) < 4.78 is 0. The minimum absolute atomic E-state index is 0.212. The molecule has 0 fully saturated rings. The van der Waals surface area contributed by atoms with Crippen LogP contribution in [0.4, 0.5) is 17.8 Å². The third-order valence-corrected chi connectivity index (χ3v) is 4.61. The molecule has 1 aliphatic carbocycles. The molecule has 26 heavy (non-hydrogen) atoms. The van der Waals surface area contributed by atoms with Gasteiger partial charge in [0, 0.05) is 12.6 Å². The maximum atomic E-state index is 5.86. The monoisotopic (exact) mass is 344 g/mol. The first-order valence-electron chi connectivity index (χ1n) is 8.80. The first-order chi connectivity index (χ1) is 12.7. The van der Waals surface area contributed by atoms with Crippen molar-refractivity contribution in [3.8, 4) is 0 Å². The van der Waals surface area contributed by atoms with E-state index in [1.165, 1.54) is 16.6 Å². The van der Waals surface area contributed by atoms with Crippen LogP contribution in [0, 0.1) is 0 Å². The molecule has 0 radical (unpaired) electrons. The second kappa shape index (κ2) is 7.03. The van der Waals surface area contributed by atoms with Gasteiger partial charge in [-0.05, 0) is 29.5 Å². The Kier molecular flexibility index (Phi) is 4.43. The van der Waals surface area contributed by atoms with E-state index in [2.05, 4.69) is 82.0 Å². The Morgan fingerprint density at radius 1 is 0.923 bits per heavy atom. The van der Waals surface area contributed by atoms with Crippen LogP contribution in [0.2, 0.25) is 0 Å². The molecule has 0 saturated carbocycles. The summed E-state index contributed by atoms with van der Waals surface area (Å²) in [4.78, 5) is 12.9. The van der Waals surface area contributed by atoms with E-state index in [1.807, 2.05) is 0 Å². The Bertz CT molecular complexity index is 887. The molecule has 1 aromatic heterocycles. The molecule has 6 nitrogen and oxygen atoms in total. The van der Waals surface area contributed by atoms with Crippen LogP contribution in [-0.2, 0) is 19.4 Å². The van der Waals surface area contributed by atoms with Crippen molar-refractivity contribution in [2.45, 2.75) is 25.4 Å². The highest BCUT2D eigenvalue weighted by atomic mass is 15.2. The Balaban J connectivity index is 1.42. The Labute approximate surface area is 153 Å². The van der Waals surface area contributed by atoms with Crippen LogP contribution in [0.25, 0.3) is 0 Å². The van der Waals surface area contributed by atoms with Crippen LogP contribution >= 0.6 is 0 Å². The molecule has 0 aliphatic heterocycles. The quantitative estimate of drug-likeness (QED) is 0.596. The number of benzene rings is 2. The molecule has 0 amide bonds. The fourth-order valence-electron chi connectivity index (χ4n) is 3.27. The molecule has 4 rings (SSSR count). The lowest BCUT2D eigenvalue weighted by Crippen LogP contribution is -2.22. The maximum absolute atomic E-state index is 5.86. The molecule has 4 N–H and O–H groups in total. The van der Waals surface area contributed by atoms with E-state index in [0.717, 1.165) is 18.4 Å². The number of hydrogen-bond donors (Lipinski definition) is 3. The van der Waals surface area contributed by atoms with Gasteiger partial charge in [0.25, 0.3) is 0 Å². The highest BCUT2D eigenvalue weighted by Crippen LogP contribution is 2.23. The van der Waals surface area contributed by atoms with Crippen molar-refractivity contribution in [2.75, 3.05) is 16.4 Å². The Morgan fingerprint density at radius 3 is 2.27 bits per heavy atom. The number of hydrogen-bond acceptors (Lipinski definition) is 6. The molecule has 1 aliphatic rings. The van der Waals surface area contributed by atoms with Gasteiger partial charge in [-0.3, -0.25) is 0 Å².